The van der Waals surface area contributed by atoms with Gasteiger partial charge in [0.1, 0.15) is 22.5 Å². The summed E-state index contributed by atoms with van der Waals surface area (Å²) in [7, 11) is 0. The van der Waals surface area contributed by atoms with Crippen LogP contribution >= 0.6 is 0 Å². The van der Waals surface area contributed by atoms with Gasteiger partial charge in [-0.2, -0.15) is 10.1 Å². The van der Waals surface area contributed by atoms with Crippen LogP contribution in [0.1, 0.15) is 63.0 Å². The van der Waals surface area contributed by atoms with Crippen molar-refractivity contribution in [1.29, 1.82) is 0 Å². The molecule has 1 aliphatic rings. The molecule has 1 fully saturated rings. The van der Waals surface area contributed by atoms with Gasteiger partial charge < -0.3 is 19.9 Å². The first-order valence-electron chi connectivity index (χ1n) is 12.8. The number of ether oxygens (including phenoxy) is 1. The summed E-state index contributed by atoms with van der Waals surface area (Å²) in [4.78, 5) is 42.2. The zero-order chi connectivity index (χ0) is 26.6. The fourth-order valence-electron chi connectivity index (χ4n) is 4.22. The van der Waals surface area contributed by atoms with E-state index in [-0.39, 0.29) is 11.8 Å². The predicted molar refractivity (Wildman–Crippen MR) is 143 cm³/mol. The Bertz CT molecular complexity index is 1260. The summed E-state index contributed by atoms with van der Waals surface area (Å²) in [5.41, 5.74) is 1.97. The molecule has 37 heavy (non-hydrogen) atoms. The van der Waals surface area contributed by atoms with Gasteiger partial charge in [-0.25, -0.2) is 14.8 Å². The Morgan fingerprint density at radius 1 is 1.16 bits per heavy atom. The van der Waals surface area contributed by atoms with E-state index in [1.165, 1.54) is 0 Å². The van der Waals surface area contributed by atoms with Gasteiger partial charge in [-0.05, 0) is 51.8 Å². The lowest BCUT2D eigenvalue weighted by molar-refractivity contribution is 0.0240. The third kappa shape index (κ3) is 6.33. The van der Waals surface area contributed by atoms with Crippen molar-refractivity contribution in [2.75, 3.05) is 36.4 Å². The molecular weight excluding hydrogens is 472 g/mol. The van der Waals surface area contributed by atoms with E-state index < -0.39 is 5.60 Å². The number of hydrogen-bond donors (Lipinski definition) is 1. The average molecular weight is 509 g/mol. The van der Waals surface area contributed by atoms with Crippen LogP contribution in [0, 0.1) is 6.92 Å². The van der Waals surface area contributed by atoms with Crippen molar-refractivity contribution in [2.45, 2.75) is 66.0 Å². The van der Waals surface area contributed by atoms with Crippen LogP contribution in [-0.2, 0) is 11.3 Å². The molecule has 198 valence electrons. The van der Waals surface area contributed by atoms with Crippen LogP contribution in [-0.4, -0.2) is 73.8 Å². The van der Waals surface area contributed by atoms with Gasteiger partial charge in [0.2, 0.25) is 5.95 Å². The topological polar surface area (TPSA) is 118 Å². The number of pyridine rings is 1. The fraction of sp³-hybridized carbons (Fsp3) is 0.538. The van der Waals surface area contributed by atoms with Crippen LogP contribution in [0.3, 0.4) is 0 Å². The summed E-state index contributed by atoms with van der Waals surface area (Å²) >= 11 is 0. The number of rotatable bonds is 8. The van der Waals surface area contributed by atoms with Crippen molar-refractivity contribution in [2.24, 2.45) is 0 Å². The van der Waals surface area contributed by atoms with Crippen LogP contribution < -0.4 is 10.2 Å². The van der Waals surface area contributed by atoms with Crippen molar-refractivity contribution in [3.8, 4) is 0 Å². The summed E-state index contributed by atoms with van der Waals surface area (Å²) < 4.78 is 7.33. The number of fused-ring (bicyclic) bond motifs is 1. The Balaban J connectivity index is 1.67. The van der Waals surface area contributed by atoms with E-state index in [0.717, 1.165) is 31.1 Å². The Kier molecular flexibility index (Phi) is 7.89. The molecule has 0 spiro atoms. The molecule has 3 aromatic rings. The summed E-state index contributed by atoms with van der Waals surface area (Å²) in [6.45, 7) is 12.4. The first kappa shape index (κ1) is 26.3. The smallest absolute Gasteiger partial charge is 0.410 e. The highest BCUT2D eigenvalue weighted by Gasteiger charge is 2.28. The molecular formula is C26H36N8O3. The molecule has 1 aliphatic heterocycles. The van der Waals surface area contributed by atoms with Gasteiger partial charge in [-0.1, -0.05) is 19.8 Å². The van der Waals surface area contributed by atoms with Crippen LogP contribution in [0.4, 0.5) is 22.4 Å². The van der Waals surface area contributed by atoms with Gasteiger partial charge in [0.05, 0.1) is 0 Å². The third-order valence-corrected chi connectivity index (χ3v) is 6.06. The number of aromatic nitrogens is 5. The Morgan fingerprint density at radius 2 is 1.92 bits per heavy atom. The van der Waals surface area contributed by atoms with E-state index in [9.17, 15) is 9.59 Å². The molecule has 4 rings (SSSR count). The van der Waals surface area contributed by atoms with E-state index in [4.69, 9.17) is 14.7 Å². The minimum Gasteiger partial charge on any atom is -0.444 e. The largest absolute Gasteiger partial charge is 0.444 e. The lowest BCUT2D eigenvalue weighted by Gasteiger charge is -2.35. The number of anilines is 3. The number of amides is 1. The Hall–Kier alpha value is -3.76. The molecule has 0 radical (unpaired) electrons. The maximum absolute atomic E-state index is 12.5. The molecule has 0 aromatic carbocycles. The molecule has 11 nitrogen and oxygen atoms in total. The number of carbonyl (C=O) groups excluding carboxylic acids is 2. The molecule has 1 amide bonds. The second-order valence-electron chi connectivity index (χ2n) is 10.3. The second kappa shape index (κ2) is 11.1. The van der Waals surface area contributed by atoms with E-state index in [1.807, 2.05) is 49.4 Å². The van der Waals surface area contributed by atoms with Gasteiger partial charge in [-0.15, -0.1) is 0 Å². The number of unbranched alkanes of at least 4 members (excludes halogenated alkanes) is 2. The predicted octanol–water partition coefficient (Wildman–Crippen LogP) is 4.33. The second-order valence-corrected chi connectivity index (χ2v) is 10.3. The molecule has 0 bridgehead atoms. The first-order valence-corrected chi connectivity index (χ1v) is 12.8. The number of carbonyl (C=O) groups is 2. The summed E-state index contributed by atoms with van der Waals surface area (Å²) in [6, 6.07) is 3.86. The standard InChI is InChI=1S/C26H36N8O3/c1-6-7-8-11-34-22-21(19(17-35)31-34)29-24(30-23(22)28-20-16-18(2)9-10-27-20)32-12-14-33(15-13-32)25(36)37-26(3,4)5/h9-10,16-17H,6-8,11-15H2,1-5H3,(H,27,28,29,30). The van der Waals surface area contributed by atoms with Gasteiger partial charge in [0.15, 0.2) is 17.8 Å². The average Bonchev–Trinajstić information content (AvgIpc) is 3.21. The van der Waals surface area contributed by atoms with Crippen LogP contribution in [0.2, 0.25) is 0 Å². The Labute approximate surface area is 217 Å². The first-order chi connectivity index (χ1) is 17.7. The fourth-order valence-corrected chi connectivity index (χ4v) is 4.22. The summed E-state index contributed by atoms with van der Waals surface area (Å²) in [5, 5.41) is 7.89. The molecule has 0 unspecified atom stereocenters. The number of nitrogens with one attached hydrogen (secondary N) is 1. The zero-order valence-electron chi connectivity index (χ0n) is 22.3. The van der Waals surface area contributed by atoms with Crippen LogP contribution in [0.15, 0.2) is 18.3 Å². The zero-order valence-corrected chi connectivity index (χ0v) is 22.3. The lowest BCUT2D eigenvalue weighted by atomic mass is 10.2. The molecule has 3 aromatic heterocycles. The van der Waals surface area contributed by atoms with Crippen molar-refractivity contribution in [3.63, 3.8) is 0 Å². The maximum Gasteiger partial charge on any atom is 0.410 e. The van der Waals surface area contributed by atoms with Gasteiger partial charge >= 0.3 is 6.09 Å². The highest BCUT2D eigenvalue weighted by atomic mass is 16.6. The maximum atomic E-state index is 12.5. The van der Waals surface area contributed by atoms with E-state index in [2.05, 4.69) is 22.3 Å². The summed E-state index contributed by atoms with van der Waals surface area (Å²) in [6.07, 6.45) is 5.22. The van der Waals surface area contributed by atoms with E-state index in [0.29, 0.717) is 61.3 Å². The van der Waals surface area contributed by atoms with E-state index >= 15 is 0 Å². The summed E-state index contributed by atoms with van der Waals surface area (Å²) in [5.74, 6) is 1.67. The highest BCUT2D eigenvalue weighted by Crippen LogP contribution is 2.29. The molecule has 4 heterocycles. The molecule has 11 heteroatoms. The quantitative estimate of drug-likeness (QED) is 0.350. The normalized spacial score (nSPS) is 14.2. The number of aryl methyl sites for hydroxylation is 2. The lowest BCUT2D eigenvalue weighted by Crippen LogP contribution is -2.50. The SMILES string of the molecule is CCCCCn1nc(C=O)c2nc(N3CCN(C(=O)OC(C)(C)C)CC3)nc(Nc3cc(C)ccn3)c21. The Morgan fingerprint density at radius 3 is 2.57 bits per heavy atom. The molecule has 1 N–H and O–H groups in total. The molecule has 1 saturated heterocycles. The number of nitrogens with zero attached hydrogens (tertiary/aromatic N) is 7. The third-order valence-electron chi connectivity index (χ3n) is 6.06. The van der Waals surface area contributed by atoms with Crippen LogP contribution in [0.25, 0.3) is 11.0 Å². The van der Waals surface area contributed by atoms with Gasteiger partial charge in [0, 0.05) is 38.9 Å². The highest BCUT2D eigenvalue weighted by molar-refractivity contribution is 5.98. The van der Waals surface area contributed by atoms with Gasteiger partial charge in [0.25, 0.3) is 0 Å². The number of piperazine rings is 1. The van der Waals surface area contributed by atoms with Crippen LogP contribution in [0.5, 0.6) is 0 Å². The van der Waals surface area contributed by atoms with Crippen molar-refractivity contribution >= 4 is 41.0 Å². The van der Waals surface area contributed by atoms with Crippen molar-refractivity contribution in [1.82, 2.24) is 29.6 Å². The van der Waals surface area contributed by atoms with Crippen molar-refractivity contribution < 1.29 is 14.3 Å². The van der Waals surface area contributed by atoms with Gasteiger partial charge in [-0.3, -0.25) is 9.48 Å². The minimum absolute atomic E-state index is 0.280. The monoisotopic (exact) mass is 508 g/mol. The van der Waals surface area contributed by atoms with E-state index in [1.54, 1.807) is 11.1 Å². The number of hydrogen-bond acceptors (Lipinski definition) is 9. The molecule has 0 aliphatic carbocycles. The van der Waals surface area contributed by atoms with Crippen molar-refractivity contribution in [3.05, 3.63) is 29.6 Å². The molecule has 0 saturated carbocycles. The number of aldehydes is 1. The minimum atomic E-state index is -0.546. The molecule has 0 atom stereocenters.